The van der Waals surface area contributed by atoms with Crippen LogP contribution < -0.4 is 0 Å². The van der Waals surface area contributed by atoms with Crippen LogP contribution in [0.2, 0.25) is 0 Å². The monoisotopic (exact) mass is 266 g/mol. The van der Waals surface area contributed by atoms with Crippen molar-refractivity contribution in [2.75, 3.05) is 0 Å². The maximum atomic E-state index is 10.6. The van der Waals surface area contributed by atoms with Gasteiger partial charge in [0.05, 0.1) is 4.92 Å². The van der Waals surface area contributed by atoms with E-state index in [4.69, 9.17) is 5.26 Å². The summed E-state index contributed by atoms with van der Waals surface area (Å²) in [7, 11) is 0. The minimum atomic E-state index is -0.578. The Bertz CT molecular complexity index is 489. The molecule has 0 atom stereocenters. The van der Waals surface area contributed by atoms with Gasteiger partial charge in [0.25, 0.3) is 5.69 Å². The first-order valence-corrected chi connectivity index (χ1v) is 4.80. The Morgan fingerprint density at radius 3 is 2.67 bits per heavy atom. The third-order valence-electron chi connectivity index (χ3n) is 1.86. The number of allylic oxidation sites excluding steroid dienone is 1. The smallest absolute Gasteiger partial charge is 0.258 e. The van der Waals surface area contributed by atoms with Crippen molar-refractivity contribution in [3.8, 4) is 6.07 Å². The molecule has 0 spiro atoms. The zero-order valence-corrected chi connectivity index (χ0v) is 9.54. The van der Waals surface area contributed by atoms with Crippen LogP contribution in [0.3, 0.4) is 0 Å². The van der Waals surface area contributed by atoms with Gasteiger partial charge >= 0.3 is 0 Å². The van der Waals surface area contributed by atoms with E-state index in [-0.39, 0.29) is 11.3 Å². The lowest BCUT2D eigenvalue weighted by atomic mass is 10.0. The second kappa shape index (κ2) is 4.24. The highest BCUT2D eigenvalue weighted by Gasteiger charge is 2.16. The van der Waals surface area contributed by atoms with Crippen molar-refractivity contribution in [1.29, 1.82) is 5.26 Å². The summed E-state index contributed by atoms with van der Waals surface area (Å²) in [6.07, 6.45) is 0. The van der Waals surface area contributed by atoms with Crippen molar-refractivity contribution in [1.82, 2.24) is 0 Å². The Balaban J connectivity index is 3.51. The van der Waals surface area contributed by atoms with Gasteiger partial charge in [-0.1, -0.05) is 6.58 Å². The molecule has 0 aliphatic heterocycles. The Hall–Kier alpha value is -1.67. The first kappa shape index (κ1) is 11.4. The molecule has 0 unspecified atom stereocenters. The number of nitro groups is 1. The van der Waals surface area contributed by atoms with Gasteiger partial charge in [0.1, 0.15) is 11.6 Å². The van der Waals surface area contributed by atoms with Gasteiger partial charge in [0.15, 0.2) is 0 Å². The van der Waals surface area contributed by atoms with Crippen molar-refractivity contribution in [3.05, 3.63) is 44.4 Å². The number of nitro benzene ring substituents is 1. The molecular weight excluding hydrogens is 260 g/mol. The summed E-state index contributed by atoms with van der Waals surface area (Å²) in [5.41, 5.74) is 1.29. The van der Waals surface area contributed by atoms with Gasteiger partial charge in [-0.15, -0.1) is 0 Å². The van der Waals surface area contributed by atoms with E-state index >= 15 is 0 Å². The highest BCUT2D eigenvalue weighted by atomic mass is 79.9. The molecule has 0 saturated heterocycles. The Labute approximate surface area is 95.1 Å². The van der Waals surface area contributed by atoms with Gasteiger partial charge in [-0.25, -0.2) is 0 Å². The molecule has 0 amide bonds. The average Bonchev–Trinajstić information content (AvgIpc) is 2.16. The van der Waals surface area contributed by atoms with E-state index in [1.165, 1.54) is 12.1 Å². The molecule has 15 heavy (non-hydrogen) atoms. The molecule has 0 bridgehead atoms. The standard InChI is InChI=1S/C10H7BrN2O2/c1-6(2)8-3-7(5-12)10(13(14)15)4-9(8)11/h3-4H,1H2,2H3. The molecule has 1 rings (SSSR count). The van der Waals surface area contributed by atoms with Crippen LogP contribution >= 0.6 is 15.9 Å². The van der Waals surface area contributed by atoms with E-state index < -0.39 is 4.92 Å². The van der Waals surface area contributed by atoms with Gasteiger partial charge < -0.3 is 0 Å². The maximum absolute atomic E-state index is 10.6. The van der Waals surface area contributed by atoms with Gasteiger partial charge in [-0.3, -0.25) is 10.1 Å². The summed E-state index contributed by atoms with van der Waals surface area (Å²) in [5, 5.41) is 19.4. The number of halogens is 1. The fourth-order valence-electron chi connectivity index (χ4n) is 1.13. The van der Waals surface area contributed by atoms with Crippen LogP contribution in [0.25, 0.3) is 5.57 Å². The van der Waals surface area contributed by atoms with Crippen molar-refractivity contribution >= 4 is 27.2 Å². The molecule has 0 aliphatic rings. The second-order valence-electron chi connectivity index (χ2n) is 3.00. The van der Waals surface area contributed by atoms with Gasteiger partial charge in [-0.2, -0.15) is 5.26 Å². The fourth-order valence-corrected chi connectivity index (χ4v) is 1.80. The van der Waals surface area contributed by atoms with Crippen molar-refractivity contribution in [2.45, 2.75) is 6.92 Å². The fraction of sp³-hybridized carbons (Fsp3) is 0.100. The third-order valence-corrected chi connectivity index (χ3v) is 2.52. The molecule has 0 radical (unpaired) electrons. The number of rotatable bonds is 2. The zero-order chi connectivity index (χ0) is 11.6. The van der Waals surface area contributed by atoms with Crippen LogP contribution in [0.4, 0.5) is 5.69 Å². The molecule has 0 aromatic heterocycles. The quantitative estimate of drug-likeness (QED) is 0.610. The van der Waals surface area contributed by atoms with E-state index in [1.54, 1.807) is 13.0 Å². The van der Waals surface area contributed by atoms with Crippen LogP contribution in [0.5, 0.6) is 0 Å². The molecule has 1 aromatic carbocycles. The lowest BCUT2D eigenvalue weighted by molar-refractivity contribution is -0.385. The highest BCUT2D eigenvalue weighted by Crippen LogP contribution is 2.30. The van der Waals surface area contributed by atoms with Crippen molar-refractivity contribution in [2.24, 2.45) is 0 Å². The van der Waals surface area contributed by atoms with Crippen LogP contribution in [-0.2, 0) is 0 Å². The van der Waals surface area contributed by atoms with Crippen LogP contribution in [0.15, 0.2) is 23.2 Å². The van der Waals surface area contributed by atoms with Gasteiger partial charge in [0.2, 0.25) is 0 Å². The molecule has 0 aliphatic carbocycles. The summed E-state index contributed by atoms with van der Waals surface area (Å²) in [4.78, 5) is 10.0. The number of nitriles is 1. The third kappa shape index (κ3) is 2.22. The number of nitrogens with zero attached hydrogens (tertiary/aromatic N) is 2. The average molecular weight is 267 g/mol. The minimum absolute atomic E-state index is 0.0428. The summed E-state index contributed by atoms with van der Waals surface area (Å²) in [6.45, 7) is 5.50. The molecule has 76 valence electrons. The second-order valence-corrected chi connectivity index (χ2v) is 3.85. The Kier molecular flexibility index (Phi) is 3.22. The molecule has 1 aromatic rings. The SMILES string of the molecule is C=C(C)c1cc(C#N)c([N+](=O)[O-])cc1Br. The van der Waals surface area contributed by atoms with Crippen LogP contribution in [0, 0.1) is 21.4 Å². The van der Waals surface area contributed by atoms with Gasteiger partial charge in [-0.05, 0) is 40.1 Å². The Morgan fingerprint density at radius 1 is 1.67 bits per heavy atom. The lowest BCUT2D eigenvalue weighted by Crippen LogP contribution is -1.94. The number of hydrogen-bond acceptors (Lipinski definition) is 3. The molecule has 0 N–H and O–H groups in total. The van der Waals surface area contributed by atoms with E-state index in [9.17, 15) is 10.1 Å². The topological polar surface area (TPSA) is 66.9 Å². The predicted octanol–water partition coefficient (Wildman–Crippen LogP) is 3.26. The maximum Gasteiger partial charge on any atom is 0.288 e. The highest BCUT2D eigenvalue weighted by molar-refractivity contribution is 9.10. The molecule has 0 heterocycles. The first-order chi connectivity index (χ1) is 6.97. The summed E-state index contributed by atoms with van der Waals surface area (Å²) in [6, 6.07) is 4.58. The van der Waals surface area contributed by atoms with E-state index in [2.05, 4.69) is 22.5 Å². The normalized spacial score (nSPS) is 9.40. The number of benzene rings is 1. The van der Waals surface area contributed by atoms with Crippen LogP contribution in [-0.4, -0.2) is 4.92 Å². The predicted molar refractivity (Wildman–Crippen MR) is 60.2 cm³/mol. The summed E-state index contributed by atoms with van der Waals surface area (Å²) >= 11 is 3.20. The number of hydrogen-bond donors (Lipinski definition) is 0. The summed E-state index contributed by atoms with van der Waals surface area (Å²) < 4.78 is 0.570. The Morgan fingerprint density at radius 2 is 2.27 bits per heavy atom. The molecule has 4 nitrogen and oxygen atoms in total. The molecule has 0 saturated carbocycles. The van der Waals surface area contributed by atoms with Gasteiger partial charge in [0, 0.05) is 10.5 Å². The van der Waals surface area contributed by atoms with Crippen LogP contribution in [0.1, 0.15) is 18.1 Å². The lowest BCUT2D eigenvalue weighted by Gasteiger charge is -2.04. The summed E-state index contributed by atoms with van der Waals surface area (Å²) in [5.74, 6) is 0. The van der Waals surface area contributed by atoms with E-state index in [1.807, 2.05) is 0 Å². The van der Waals surface area contributed by atoms with E-state index in [0.717, 1.165) is 5.57 Å². The minimum Gasteiger partial charge on any atom is -0.258 e. The zero-order valence-electron chi connectivity index (χ0n) is 7.95. The first-order valence-electron chi connectivity index (χ1n) is 4.01. The van der Waals surface area contributed by atoms with Crippen molar-refractivity contribution in [3.63, 3.8) is 0 Å². The molecular formula is C10H7BrN2O2. The largest absolute Gasteiger partial charge is 0.288 e. The molecule has 5 heteroatoms. The molecule has 0 fully saturated rings. The van der Waals surface area contributed by atoms with Crippen molar-refractivity contribution < 1.29 is 4.92 Å². The van der Waals surface area contributed by atoms with E-state index in [0.29, 0.717) is 10.0 Å².